The molecule has 0 spiro atoms. The predicted molar refractivity (Wildman–Crippen MR) is 140 cm³/mol. The molecule has 3 aromatic carbocycles. The molecule has 1 amide bonds. The summed E-state index contributed by atoms with van der Waals surface area (Å²) in [6.07, 6.45) is 1.59. The van der Waals surface area contributed by atoms with Gasteiger partial charge in [0.1, 0.15) is 12.4 Å². The fourth-order valence-corrected chi connectivity index (χ4v) is 4.64. The van der Waals surface area contributed by atoms with Crippen molar-refractivity contribution in [1.82, 2.24) is 15.4 Å². The number of aromatic nitrogens is 2. The number of hydrogen-bond acceptors (Lipinski definition) is 6. The molecule has 0 bridgehead atoms. The second kappa shape index (κ2) is 11.3. The molecule has 4 aromatic rings. The fourth-order valence-electron chi connectivity index (χ4n) is 3.39. The average molecular weight is 535 g/mol. The second-order valence-corrected chi connectivity index (χ2v) is 9.43. The monoisotopic (exact) mass is 534 g/mol. The van der Waals surface area contributed by atoms with E-state index in [0.717, 1.165) is 32.7 Å². The summed E-state index contributed by atoms with van der Waals surface area (Å²) in [7, 11) is 0. The van der Waals surface area contributed by atoms with E-state index in [9.17, 15) is 4.79 Å². The Morgan fingerprint density at radius 2 is 1.82 bits per heavy atom. The Morgan fingerprint density at radius 3 is 2.62 bits per heavy atom. The van der Waals surface area contributed by atoms with E-state index < -0.39 is 0 Å². The number of hydrogen-bond donors (Lipinski definition) is 1. The van der Waals surface area contributed by atoms with Gasteiger partial charge in [-0.3, -0.25) is 4.79 Å². The molecule has 4 rings (SSSR count). The molecule has 0 aliphatic heterocycles. The van der Waals surface area contributed by atoms with Gasteiger partial charge < -0.3 is 4.74 Å². The van der Waals surface area contributed by atoms with Crippen LogP contribution in [0.1, 0.15) is 22.5 Å². The number of fused-ring (bicyclic) bond motifs is 1. The summed E-state index contributed by atoms with van der Waals surface area (Å²) < 4.78 is 6.85. The van der Waals surface area contributed by atoms with Crippen molar-refractivity contribution in [2.45, 2.75) is 25.6 Å². The molecule has 0 unspecified atom stereocenters. The van der Waals surface area contributed by atoms with Crippen LogP contribution in [0.4, 0.5) is 0 Å². The molecule has 1 heterocycles. The predicted octanol–water partition coefficient (Wildman–Crippen LogP) is 5.83. The van der Waals surface area contributed by atoms with Crippen LogP contribution in [0, 0.1) is 13.8 Å². The van der Waals surface area contributed by atoms with E-state index in [-0.39, 0.29) is 11.7 Å². The number of thioether (sulfide) groups is 1. The first-order valence-corrected chi connectivity index (χ1v) is 12.4. The van der Waals surface area contributed by atoms with Crippen molar-refractivity contribution in [1.29, 1.82) is 0 Å². The molecule has 1 N–H and O–H groups in total. The lowest BCUT2D eigenvalue weighted by Crippen LogP contribution is -2.19. The van der Waals surface area contributed by atoms with Crippen LogP contribution >= 0.6 is 27.7 Å². The Hall–Kier alpha value is -3.23. The molecular formula is C26H23BrN4O2S. The molecule has 0 aliphatic rings. The summed E-state index contributed by atoms with van der Waals surface area (Å²) in [4.78, 5) is 20.7. The molecule has 0 aliphatic carbocycles. The number of nitrogens with one attached hydrogen (secondary N) is 1. The molecule has 0 radical (unpaired) electrons. The first kappa shape index (κ1) is 23.9. The van der Waals surface area contributed by atoms with Crippen molar-refractivity contribution in [2.75, 3.05) is 5.75 Å². The van der Waals surface area contributed by atoms with Crippen molar-refractivity contribution in [2.24, 2.45) is 5.10 Å². The Labute approximate surface area is 211 Å². The summed E-state index contributed by atoms with van der Waals surface area (Å²) in [6, 6.07) is 22.0. The summed E-state index contributed by atoms with van der Waals surface area (Å²) >= 11 is 4.84. The minimum absolute atomic E-state index is 0.185. The van der Waals surface area contributed by atoms with Crippen molar-refractivity contribution < 1.29 is 9.53 Å². The molecule has 8 heteroatoms. The van der Waals surface area contributed by atoms with Gasteiger partial charge in [-0.05, 0) is 75.9 Å². The third kappa shape index (κ3) is 6.42. The highest BCUT2D eigenvalue weighted by Gasteiger charge is 2.07. The summed E-state index contributed by atoms with van der Waals surface area (Å²) in [5.74, 6) is 0.697. The number of amides is 1. The smallest absolute Gasteiger partial charge is 0.250 e. The fraction of sp³-hybridized carbons (Fsp3) is 0.154. The van der Waals surface area contributed by atoms with Crippen LogP contribution in [-0.4, -0.2) is 27.8 Å². The van der Waals surface area contributed by atoms with Crippen molar-refractivity contribution in [3.63, 3.8) is 0 Å². The normalized spacial score (nSPS) is 11.1. The van der Waals surface area contributed by atoms with E-state index in [1.165, 1.54) is 22.5 Å². The van der Waals surface area contributed by atoms with Gasteiger partial charge in [-0.25, -0.2) is 15.4 Å². The number of ether oxygens (including phenoxy) is 1. The van der Waals surface area contributed by atoms with E-state index in [1.54, 1.807) is 6.21 Å². The zero-order valence-electron chi connectivity index (χ0n) is 18.8. The zero-order chi connectivity index (χ0) is 23.9. The van der Waals surface area contributed by atoms with Crippen LogP contribution in [0.15, 0.2) is 81.5 Å². The Kier molecular flexibility index (Phi) is 7.92. The Balaban J connectivity index is 1.30. The number of hydrazone groups is 1. The minimum atomic E-state index is -0.224. The number of nitrogens with zero attached hydrogens (tertiary/aromatic N) is 3. The van der Waals surface area contributed by atoms with Crippen LogP contribution in [0.5, 0.6) is 5.75 Å². The highest BCUT2D eigenvalue weighted by molar-refractivity contribution is 9.10. The van der Waals surface area contributed by atoms with Gasteiger partial charge in [0.15, 0.2) is 5.16 Å². The van der Waals surface area contributed by atoms with Crippen LogP contribution in [-0.2, 0) is 11.4 Å². The van der Waals surface area contributed by atoms with Gasteiger partial charge >= 0.3 is 0 Å². The van der Waals surface area contributed by atoms with E-state index in [0.29, 0.717) is 11.8 Å². The number of aryl methyl sites for hydroxylation is 2. The van der Waals surface area contributed by atoms with E-state index >= 15 is 0 Å². The summed E-state index contributed by atoms with van der Waals surface area (Å²) in [5, 5.41) is 7.00. The lowest BCUT2D eigenvalue weighted by molar-refractivity contribution is -0.118. The van der Waals surface area contributed by atoms with Crippen molar-refractivity contribution in [3.05, 3.63) is 93.7 Å². The largest absolute Gasteiger partial charge is 0.488 e. The Bertz CT molecular complexity index is 1330. The lowest BCUT2D eigenvalue weighted by Gasteiger charge is -2.11. The average Bonchev–Trinajstić information content (AvgIpc) is 2.82. The molecule has 0 fully saturated rings. The van der Waals surface area contributed by atoms with Gasteiger partial charge in [0.05, 0.1) is 16.4 Å². The van der Waals surface area contributed by atoms with Gasteiger partial charge in [-0.1, -0.05) is 54.2 Å². The van der Waals surface area contributed by atoms with Crippen molar-refractivity contribution >= 4 is 50.6 Å². The third-order valence-corrected chi connectivity index (χ3v) is 6.38. The first-order chi connectivity index (χ1) is 16.5. The maximum Gasteiger partial charge on any atom is 0.250 e. The van der Waals surface area contributed by atoms with Crippen LogP contribution in [0.25, 0.3) is 10.8 Å². The SMILES string of the molecule is Cc1cc(C)nc(SCC(=O)N/N=C\c2ccc(OCc3cccc4ccccc34)c(Br)c2)n1. The quantitative estimate of drug-likeness (QED) is 0.133. The van der Waals surface area contributed by atoms with Crippen LogP contribution < -0.4 is 10.2 Å². The number of benzene rings is 3. The zero-order valence-corrected chi connectivity index (χ0v) is 21.2. The highest BCUT2D eigenvalue weighted by Crippen LogP contribution is 2.27. The summed E-state index contributed by atoms with van der Waals surface area (Å²) in [6.45, 7) is 4.27. The molecule has 0 atom stereocenters. The third-order valence-electron chi connectivity index (χ3n) is 4.92. The minimum Gasteiger partial charge on any atom is -0.488 e. The maximum atomic E-state index is 12.1. The summed E-state index contributed by atoms with van der Waals surface area (Å²) in [5.41, 5.74) is 6.25. The van der Waals surface area contributed by atoms with Crippen molar-refractivity contribution in [3.8, 4) is 5.75 Å². The maximum absolute atomic E-state index is 12.1. The number of carbonyl (C=O) groups is 1. The Morgan fingerprint density at radius 1 is 1.06 bits per heavy atom. The van der Waals surface area contributed by atoms with E-state index in [2.05, 4.69) is 60.7 Å². The molecule has 0 saturated carbocycles. The standard InChI is InChI=1S/C26H23BrN4O2S/c1-17-12-18(2)30-26(29-17)34-16-25(32)31-28-14-19-10-11-24(23(27)13-19)33-15-21-8-5-7-20-6-3-4-9-22(20)21/h3-14H,15-16H2,1-2H3,(H,31,32)/b28-14-. The van der Waals surface area contributed by atoms with Gasteiger partial charge in [0.2, 0.25) is 0 Å². The lowest BCUT2D eigenvalue weighted by atomic mass is 10.1. The topological polar surface area (TPSA) is 76.5 Å². The van der Waals surface area contributed by atoms with Gasteiger partial charge in [0, 0.05) is 11.4 Å². The van der Waals surface area contributed by atoms with E-state index in [4.69, 9.17) is 4.74 Å². The molecular weight excluding hydrogens is 512 g/mol. The second-order valence-electron chi connectivity index (χ2n) is 7.63. The molecule has 172 valence electrons. The van der Waals surface area contributed by atoms with Crippen LogP contribution in [0.2, 0.25) is 0 Å². The number of halogens is 1. The van der Waals surface area contributed by atoms with Gasteiger partial charge in [-0.2, -0.15) is 5.10 Å². The highest BCUT2D eigenvalue weighted by atomic mass is 79.9. The van der Waals surface area contributed by atoms with E-state index in [1.807, 2.05) is 56.3 Å². The van der Waals surface area contributed by atoms with Gasteiger partial charge in [0.25, 0.3) is 5.91 Å². The number of rotatable bonds is 8. The van der Waals surface area contributed by atoms with Crippen LogP contribution in [0.3, 0.4) is 0 Å². The molecule has 0 saturated heterocycles. The number of carbonyl (C=O) groups excluding carboxylic acids is 1. The first-order valence-electron chi connectivity index (χ1n) is 10.6. The van der Waals surface area contributed by atoms with Gasteiger partial charge in [-0.15, -0.1) is 0 Å². The molecule has 34 heavy (non-hydrogen) atoms. The molecule has 1 aromatic heterocycles. The molecule has 6 nitrogen and oxygen atoms in total.